The quantitative estimate of drug-likeness (QED) is 0.298. The topological polar surface area (TPSA) is 112 Å². The lowest BCUT2D eigenvalue weighted by Crippen LogP contribution is -2.76. The number of hydrogen-bond acceptors (Lipinski definition) is 7. The van der Waals surface area contributed by atoms with Gasteiger partial charge in [-0.15, -0.1) is 0 Å². The standard InChI is InChI=1S/C27H35FN4O5/c1-17(2)25-30-27(37-31-25)32-12-10-18(11-13-32)16-36-23-9-8-21(14-22(23)28)19-4-6-20(7-5-19)26(34)29-15-24(33)35-3/h4,8-9,14,17-18,20H,5-7,10-13,15-16H2,1-3H3,(H,29,34)/p+1. The Balaban J connectivity index is 1.26. The molecule has 9 nitrogen and oxygen atoms in total. The minimum absolute atomic E-state index is 0.0704. The molecule has 200 valence electrons. The van der Waals surface area contributed by atoms with Gasteiger partial charge in [0.05, 0.1) is 19.6 Å². The number of carbonyl (C=O) groups excluding carboxylic acids is 1. The molecule has 1 saturated heterocycles. The number of hydrogen-bond donors (Lipinski definition) is 2. The summed E-state index contributed by atoms with van der Waals surface area (Å²) >= 11 is 0. The molecule has 1 fully saturated rings. The normalized spacial score (nSPS) is 19.2. The highest BCUT2D eigenvalue weighted by Gasteiger charge is 2.26. The number of nitrogens with one attached hydrogen (secondary N) is 1. The van der Waals surface area contributed by atoms with Crippen LogP contribution in [-0.2, 0) is 9.53 Å². The van der Waals surface area contributed by atoms with Gasteiger partial charge in [0.1, 0.15) is 0 Å². The van der Waals surface area contributed by atoms with Crippen LogP contribution < -0.4 is 14.6 Å². The molecule has 0 radical (unpaired) electrons. The molecule has 1 aliphatic carbocycles. The summed E-state index contributed by atoms with van der Waals surface area (Å²) < 4.78 is 30.7. The minimum atomic E-state index is -0.439. The van der Waals surface area contributed by atoms with Crippen LogP contribution in [0, 0.1) is 17.7 Å². The van der Waals surface area contributed by atoms with E-state index in [0.29, 0.717) is 43.6 Å². The second-order valence-electron chi connectivity index (χ2n) is 9.99. The number of benzene rings is 1. The number of allylic oxidation sites excluding steroid dienone is 2. The fourth-order valence-corrected chi connectivity index (χ4v) is 4.63. The number of esters is 1. The number of carbonyl (C=O) groups is 1. The molecule has 10 heteroatoms. The van der Waals surface area contributed by atoms with Crippen molar-refractivity contribution in [3.05, 3.63) is 41.5 Å². The molecule has 1 atom stereocenters. The molecule has 2 N–H and O–H groups in total. The van der Waals surface area contributed by atoms with E-state index in [4.69, 9.17) is 9.26 Å². The molecule has 0 saturated carbocycles. The highest BCUT2D eigenvalue weighted by Crippen LogP contribution is 2.32. The van der Waals surface area contributed by atoms with Gasteiger partial charge in [0.15, 0.2) is 17.4 Å². The Bertz CT molecular complexity index is 1140. The van der Waals surface area contributed by atoms with Crippen LogP contribution >= 0.6 is 0 Å². The maximum Gasteiger partial charge on any atom is 0.371 e. The van der Waals surface area contributed by atoms with Crippen molar-refractivity contribution in [2.45, 2.75) is 51.9 Å². The number of aliphatic hydroxyl groups excluding tert-OH is 1. The largest absolute Gasteiger partial charge is 0.490 e. The van der Waals surface area contributed by atoms with Gasteiger partial charge in [-0.3, -0.25) is 0 Å². The van der Waals surface area contributed by atoms with Crippen LogP contribution in [0.15, 0.2) is 28.8 Å². The number of piperidine rings is 1. The van der Waals surface area contributed by atoms with Crippen molar-refractivity contribution in [1.82, 2.24) is 10.1 Å². The Morgan fingerprint density at radius 2 is 2.08 bits per heavy atom. The van der Waals surface area contributed by atoms with Gasteiger partial charge in [-0.25, -0.2) is 14.2 Å². The molecule has 0 spiro atoms. The number of anilines is 1. The molecular formula is C27H36FN4O5+. The molecule has 4 rings (SSSR count). The summed E-state index contributed by atoms with van der Waals surface area (Å²) in [5.41, 5.74) is 1.86. The van der Waals surface area contributed by atoms with Gasteiger partial charge in [-0.05, 0) is 61.3 Å². The monoisotopic (exact) mass is 515 g/mol. The van der Waals surface area contributed by atoms with E-state index in [-0.39, 0.29) is 35.8 Å². The molecule has 1 unspecified atom stereocenters. The first-order valence-corrected chi connectivity index (χ1v) is 12.9. The summed E-state index contributed by atoms with van der Waals surface area (Å²) in [5.74, 6) is 0.708. The maximum atomic E-state index is 14.8. The molecule has 2 heterocycles. The number of nitrogens with zero attached hydrogens (tertiary/aromatic N) is 3. The second kappa shape index (κ2) is 12.2. The first-order valence-electron chi connectivity index (χ1n) is 12.9. The number of methoxy groups -OCH3 is 1. The smallest absolute Gasteiger partial charge is 0.371 e. The van der Waals surface area contributed by atoms with Crippen LogP contribution in [0.2, 0.25) is 0 Å². The number of aliphatic hydroxyl groups is 1. The SMILES string of the molecule is COC(=O)C[NH+]=C(O)C1CC=C(c2ccc(OCC3CCN(c4nc(C(C)C)no4)CC3)c(F)c2)CC1. The van der Waals surface area contributed by atoms with Crippen LogP contribution in [0.1, 0.15) is 63.3 Å². The van der Waals surface area contributed by atoms with E-state index < -0.39 is 5.97 Å². The van der Waals surface area contributed by atoms with Gasteiger partial charge in [-0.1, -0.05) is 31.1 Å². The Hall–Kier alpha value is -3.43. The maximum absolute atomic E-state index is 14.8. The van der Waals surface area contributed by atoms with E-state index in [2.05, 4.69) is 24.8 Å². The number of rotatable bonds is 9. The summed E-state index contributed by atoms with van der Waals surface area (Å²) in [6.07, 6.45) is 5.84. The Morgan fingerprint density at radius 3 is 2.70 bits per heavy atom. The molecule has 0 amide bonds. The van der Waals surface area contributed by atoms with E-state index in [0.717, 1.165) is 37.1 Å². The van der Waals surface area contributed by atoms with Crippen molar-refractivity contribution < 1.29 is 33.3 Å². The molecule has 1 aromatic heterocycles. The van der Waals surface area contributed by atoms with Gasteiger partial charge in [0.2, 0.25) is 6.54 Å². The van der Waals surface area contributed by atoms with E-state index in [1.54, 1.807) is 6.07 Å². The molecule has 1 aromatic carbocycles. The molecule has 37 heavy (non-hydrogen) atoms. The third-order valence-electron chi connectivity index (χ3n) is 7.05. The first-order chi connectivity index (χ1) is 17.8. The summed E-state index contributed by atoms with van der Waals surface area (Å²) in [6, 6.07) is 5.66. The Labute approximate surface area is 216 Å². The van der Waals surface area contributed by atoms with E-state index >= 15 is 0 Å². The predicted molar refractivity (Wildman–Crippen MR) is 136 cm³/mol. The van der Waals surface area contributed by atoms with E-state index in [9.17, 15) is 14.3 Å². The number of halogens is 1. The van der Waals surface area contributed by atoms with Crippen LogP contribution in [-0.4, -0.2) is 60.5 Å². The highest BCUT2D eigenvalue weighted by atomic mass is 19.1. The zero-order chi connectivity index (χ0) is 26.4. The van der Waals surface area contributed by atoms with Crippen LogP contribution in [0.3, 0.4) is 0 Å². The molecule has 0 bridgehead atoms. The van der Waals surface area contributed by atoms with Crippen molar-refractivity contribution >= 4 is 23.5 Å². The van der Waals surface area contributed by atoms with Crippen LogP contribution in [0.4, 0.5) is 10.4 Å². The summed E-state index contributed by atoms with van der Waals surface area (Å²) in [6.45, 7) is 6.06. The van der Waals surface area contributed by atoms with Crippen LogP contribution in [0.25, 0.3) is 5.57 Å². The number of aromatic nitrogens is 2. The van der Waals surface area contributed by atoms with Gasteiger partial charge < -0.3 is 24.0 Å². The van der Waals surface area contributed by atoms with Gasteiger partial charge >= 0.3 is 17.9 Å². The molecule has 2 aliphatic rings. The van der Waals surface area contributed by atoms with E-state index in [1.807, 2.05) is 26.0 Å². The number of ether oxygens (including phenoxy) is 2. The zero-order valence-corrected chi connectivity index (χ0v) is 21.7. The Morgan fingerprint density at radius 1 is 1.30 bits per heavy atom. The summed E-state index contributed by atoms with van der Waals surface area (Å²) in [4.78, 5) is 20.5. The fourth-order valence-electron chi connectivity index (χ4n) is 4.63. The lowest BCUT2D eigenvalue weighted by atomic mass is 9.86. The van der Waals surface area contributed by atoms with Crippen molar-refractivity contribution in [3.8, 4) is 5.75 Å². The predicted octanol–water partition coefficient (Wildman–Crippen LogP) is 3.02. The lowest BCUT2D eigenvalue weighted by molar-refractivity contribution is -0.459. The van der Waals surface area contributed by atoms with Crippen molar-refractivity contribution in [2.75, 3.05) is 38.3 Å². The molecular weight excluding hydrogens is 479 g/mol. The average Bonchev–Trinajstić information content (AvgIpc) is 3.42. The average molecular weight is 516 g/mol. The molecule has 2 aromatic rings. The third-order valence-corrected chi connectivity index (χ3v) is 7.05. The third kappa shape index (κ3) is 6.87. The van der Waals surface area contributed by atoms with Gasteiger partial charge in [0, 0.05) is 19.0 Å². The lowest BCUT2D eigenvalue weighted by Gasteiger charge is -2.30. The molecule has 1 aliphatic heterocycles. The van der Waals surface area contributed by atoms with Gasteiger partial charge in [-0.2, -0.15) is 4.98 Å². The second-order valence-corrected chi connectivity index (χ2v) is 9.99. The zero-order valence-electron chi connectivity index (χ0n) is 21.7. The highest BCUT2D eigenvalue weighted by molar-refractivity contribution is 5.76. The van der Waals surface area contributed by atoms with Gasteiger partial charge in [0.25, 0.3) is 0 Å². The van der Waals surface area contributed by atoms with Crippen molar-refractivity contribution in [1.29, 1.82) is 0 Å². The summed E-state index contributed by atoms with van der Waals surface area (Å²) in [7, 11) is 1.30. The van der Waals surface area contributed by atoms with Crippen LogP contribution in [0.5, 0.6) is 5.75 Å². The Kier molecular flexibility index (Phi) is 8.78. The minimum Gasteiger partial charge on any atom is -0.490 e. The van der Waals surface area contributed by atoms with Crippen molar-refractivity contribution in [3.63, 3.8) is 0 Å². The summed E-state index contributed by atoms with van der Waals surface area (Å²) in [5, 5.41) is 14.2. The van der Waals surface area contributed by atoms with E-state index in [1.165, 1.54) is 13.2 Å². The first kappa shape index (κ1) is 26.6. The fraction of sp³-hybridized carbons (Fsp3) is 0.556. The van der Waals surface area contributed by atoms with Crippen molar-refractivity contribution in [2.24, 2.45) is 11.8 Å².